The van der Waals surface area contributed by atoms with Crippen molar-refractivity contribution in [1.82, 2.24) is 10.3 Å². The van der Waals surface area contributed by atoms with Gasteiger partial charge < -0.3 is 10.1 Å². The molecule has 0 bridgehead atoms. The third-order valence-corrected chi connectivity index (χ3v) is 4.61. The molecule has 0 spiro atoms. The van der Waals surface area contributed by atoms with Gasteiger partial charge in [-0.3, -0.25) is 4.79 Å². The average Bonchev–Trinajstić information content (AvgIpc) is 3.11. The molecule has 0 saturated heterocycles. The smallest absolute Gasteiger partial charge is 0.231 e. The number of nitrogens with one attached hydrogen (secondary N) is 1. The molecule has 1 N–H and O–H groups in total. The number of nitrogens with zero attached hydrogens (tertiary/aromatic N) is 1. The number of aromatic nitrogens is 1. The SMILES string of the molecule is O=C(N[C@@H]1CCc2cc(Cl)ccc21)[C@@H]1COc2ncccc21. The first-order valence-corrected chi connectivity index (χ1v) is 7.76. The summed E-state index contributed by atoms with van der Waals surface area (Å²) >= 11 is 6.03. The number of rotatable bonds is 2. The van der Waals surface area contributed by atoms with E-state index in [1.165, 1.54) is 11.1 Å². The number of carbonyl (C=O) groups excluding carboxylic acids is 1. The van der Waals surface area contributed by atoms with Gasteiger partial charge >= 0.3 is 0 Å². The summed E-state index contributed by atoms with van der Waals surface area (Å²) in [5.41, 5.74) is 3.26. The Morgan fingerprint density at radius 3 is 3.14 bits per heavy atom. The van der Waals surface area contributed by atoms with E-state index in [1.807, 2.05) is 30.3 Å². The highest BCUT2D eigenvalue weighted by Gasteiger charge is 2.33. The van der Waals surface area contributed by atoms with Crippen molar-refractivity contribution in [3.63, 3.8) is 0 Å². The summed E-state index contributed by atoms with van der Waals surface area (Å²) < 4.78 is 5.49. The number of hydrogen-bond donors (Lipinski definition) is 1. The summed E-state index contributed by atoms with van der Waals surface area (Å²) in [6.07, 6.45) is 3.53. The lowest BCUT2D eigenvalue weighted by molar-refractivity contribution is -0.123. The second-order valence-electron chi connectivity index (χ2n) is 5.70. The summed E-state index contributed by atoms with van der Waals surface area (Å²) in [6.45, 7) is 0.359. The van der Waals surface area contributed by atoms with Crippen molar-refractivity contribution in [3.05, 3.63) is 58.2 Å². The molecule has 1 aliphatic heterocycles. The van der Waals surface area contributed by atoms with E-state index in [-0.39, 0.29) is 17.9 Å². The molecule has 2 aliphatic rings. The maximum absolute atomic E-state index is 12.6. The largest absolute Gasteiger partial charge is 0.476 e. The molecule has 0 saturated carbocycles. The first-order valence-electron chi connectivity index (χ1n) is 7.39. The monoisotopic (exact) mass is 314 g/mol. The Kier molecular flexibility index (Phi) is 3.26. The van der Waals surface area contributed by atoms with Crippen LogP contribution in [0.2, 0.25) is 5.02 Å². The topological polar surface area (TPSA) is 51.2 Å². The van der Waals surface area contributed by atoms with E-state index in [9.17, 15) is 4.79 Å². The fraction of sp³-hybridized carbons (Fsp3) is 0.294. The predicted molar refractivity (Wildman–Crippen MR) is 83.1 cm³/mol. The minimum atomic E-state index is -0.278. The summed E-state index contributed by atoms with van der Waals surface area (Å²) in [4.78, 5) is 16.7. The van der Waals surface area contributed by atoms with Crippen LogP contribution in [-0.2, 0) is 11.2 Å². The van der Waals surface area contributed by atoms with Crippen LogP contribution in [0.4, 0.5) is 0 Å². The Hall–Kier alpha value is -2.07. The maximum Gasteiger partial charge on any atom is 0.231 e. The summed E-state index contributed by atoms with van der Waals surface area (Å²) in [5.74, 6) is 0.292. The van der Waals surface area contributed by atoms with Gasteiger partial charge in [-0.25, -0.2) is 4.98 Å². The van der Waals surface area contributed by atoms with Crippen molar-refractivity contribution in [2.45, 2.75) is 24.8 Å². The lowest BCUT2D eigenvalue weighted by atomic mass is 10.0. The van der Waals surface area contributed by atoms with Crippen molar-refractivity contribution in [1.29, 1.82) is 0 Å². The molecular weight excluding hydrogens is 300 g/mol. The van der Waals surface area contributed by atoms with Crippen LogP contribution in [-0.4, -0.2) is 17.5 Å². The summed E-state index contributed by atoms with van der Waals surface area (Å²) in [7, 11) is 0. The normalized spacial score (nSPS) is 21.9. The van der Waals surface area contributed by atoms with E-state index in [0.717, 1.165) is 23.4 Å². The molecule has 1 aromatic carbocycles. The second kappa shape index (κ2) is 5.29. The zero-order chi connectivity index (χ0) is 15.1. The summed E-state index contributed by atoms with van der Waals surface area (Å²) in [5, 5.41) is 3.89. The van der Waals surface area contributed by atoms with Gasteiger partial charge in [-0.2, -0.15) is 0 Å². The Balaban J connectivity index is 1.53. The lowest BCUT2D eigenvalue weighted by Gasteiger charge is -2.17. The van der Waals surface area contributed by atoms with Gasteiger partial charge in [-0.15, -0.1) is 0 Å². The van der Waals surface area contributed by atoms with Crippen LogP contribution in [0, 0.1) is 0 Å². The Morgan fingerprint density at radius 2 is 2.23 bits per heavy atom. The van der Waals surface area contributed by atoms with Crippen LogP contribution in [0.5, 0.6) is 5.88 Å². The van der Waals surface area contributed by atoms with Gasteiger partial charge in [0.1, 0.15) is 12.5 Å². The number of carbonyl (C=O) groups is 1. The Bertz CT molecular complexity index is 747. The fourth-order valence-electron chi connectivity index (χ4n) is 3.27. The van der Waals surface area contributed by atoms with Gasteiger partial charge in [0.25, 0.3) is 0 Å². The van der Waals surface area contributed by atoms with Gasteiger partial charge in [-0.1, -0.05) is 23.7 Å². The predicted octanol–water partition coefficient (Wildman–Crippen LogP) is 3.01. The molecule has 0 unspecified atom stereocenters. The van der Waals surface area contributed by atoms with E-state index >= 15 is 0 Å². The molecule has 2 atom stereocenters. The quantitative estimate of drug-likeness (QED) is 0.927. The van der Waals surface area contributed by atoms with Crippen LogP contribution in [0.15, 0.2) is 36.5 Å². The highest BCUT2D eigenvalue weighted by atomic mass is 35.5. The molecule has 2 aromatic rings. The van der Waals surface area contributed by atoms with Gasteiger partial charge in [-0.05, 0) is 42.2 Å². The van der Waals surface area contributed by atoms with Crippen molar-refractivity contribution in [3.8, 4) is 5.88 Å². The van der Waals surface area contributed by atoms with Gasteiger partial charge in [0.2, 0.25) is 11.8 Å². The zero-order valence-corrected chi connectivity index (χ0v) is 12.6. The molecule has 2 heterocycles. The number of ether oxygens (including phenoxy) is 1. The fourth-order valence-corrected chi connectivity index (χ4v) is 3.46. The van der Waals surface area contributed by atoms with Gasteiger partial charge in [0.05, 0.1) is 6.04 Å². The van der Waals surface area contributed by atoms with Crippen molar-refractivity contribution >= 4 is 17.5 Å². The minimum absolute atomic E-state index is 0.000417. The second-order valence-corrected chi connectivity index (χ2v) is 6.14. The molecule has 0 fully saturated rings. The number of aryl methyl sites for hydroxylation is 1. The van der Waals surface area contributed by atoms with Crippen LogP contribution < -0.4 is 10.1 Å². The number of hydrogen-bond acceptors (Lipinski definition) is 3. The van der Waals surface area contributed by atoms with Crippen molar-refractivity contribution in [2.24, 2.45) is 0 Å². The molecule has 1 aromatic heterocycles. The molecule has 1 aliphatic carbocycles. The first kappa shape index (κ1) is 13.6. The van der Waals surface area contributed by atoms with Crippen LogP contribution in [0.25, 0.3) is 0 Å². The lowest BCUT2D eigenvalue weighted by Crippen LogP contribution is -2.32. The summed E-state index contributed by atoms with van der Waals surface area (Å²) in [6, 6.07) is 9.67. The molecule has 4 rings (SSSR count). The highest BCUT2D eigenvalue weighted by Crippen LogP contribution is 2.35. The zero-order valence-electron chi connectivity index (χ0n) is 11.9. The van der Waals surface area contributed by atoms with Gasteiger partial charge in [0.15, 0.2) is 0 Å². The molecule has 5 heteroatoms. The van der Waals surface area contributed by atoms with Crippen molar-refractivity contribution in [2.75, 3.05) is 6.61 Å². The highest BCUT2D eigenvalue weighted by molar-refractivity contribution is 6.30. The Morgan fingerprint density at radius 1 is 1.32 bits per heavy atom. The van der Waals surface area contributed by atoms with E-state index in [2.05, 4.69) is 10.3 Å². The van der Waals surface area contributed by atoms with Crippen LogP contribution >= 0.6 is 11.6 Å². The third kappa shape index (κ3) is 2.24. The van der Waals surface area contributed by atoms with Gasteiger partial charge in [0, 0.05) is 16.8 Å². The molecule has 112 valence electrons. The molecule has 1 amide bonds. The number of halogens is 1. The van der Waals surface area contributed by atoms with E-state index in [4.69, 9.17) is 16.3 Å². The number of amides is 1. The van der Waals surface area contributed by atoms with Crippen LogP contribution in [0.1, 0.15) is 35.1 Å². The molecule has 4 nitrogen and oxygen atoms in total. The number of fused-ring (bicyclic) bond motifs is 2. The van der Waals surface area contributed by atoms with E-state index < -0.39 is 0 Å². The number of benzene rings is 1. The molecule has 22 heavy (non-hydrogen) atoms. The Labute approximate surface area is 133 Å². The van der Waals surface area contributed by atoms with E-state index in [0.29, 0.717) is 12.5 Å². The standard InChI is InChI=1S/C17H15ClN2O2/c18-11-4-5-12-10(8-11)3-6-15(12)20-16(21)14-9-22-17-13(14)2-1-7-19-17/h1-2,4-5,7-8,14-15H,3,6,9H2,(H,20,21)/t14-,15-/m1/s1. The third-order valence-electron chi connectivity index (χ3n) is 4.38. The minimum Gasteiger partial charge on any atom is -0.476 e. The molecular formula is C17H15ClN2O2. The van der Waals surface area contributed by atoms with Crippen molar-refractivity contribution < 1.29 is 9.53 Å². The molecule has 0 radical (unpaired) electrons. The van der Waals surface area contributed by atoms with Crippen LogP contribution in [0.3, 0.4) is 0 Å². The maximum atomic E-state index is 12.6. The first-order chi connectivity index (χ1) is 10.7. The average molecular weight is 315 g/mol. The van der Waals surface area contributed by atoms with E-state index in [1.54, 1.807) is 6.20 Å². The number of pyridine rings is 1.